The van der Waals surface area contributed by atoms with Gasteiger partial charge in [0.15, 0.2) is 5.89 Å². The minimum absolute atomic E-state index is 0.167. The van der Waals surface area contributed by atoms with Gasteiger partial charge in [0.1, 0.15) is 5.76 Å². The van der Waals surface area contributed by atoms with Gasteiger partial charge in [0, 0.05) is 24.5 Å². The number of rotatable bonds is 5. The van der Waals surface area contributed by atoms with Crippen molar-refractivity contribution in [2.45, 2.75) is 25.2 Å². The monoisotopic (exact) mass is 361 g/mol. The standard InChI is InChI=1S/C19H24ClN3O2/c1-22(2)13-18(24)23-8-4-6-15(12-23)19-21-11-17(25-19)10-14-5-3-7-16(20)9-14/h3,5,7,9,11,15H,4,6,8,10,12-13H2,1-2H3. The van der Waals surface area contributed by atoms with Crippen LogP contribution in [-0.4, -0.2) is 54.4 Å². The Balaban J connectivity index is 1.64. The highest BCUT2D eigenvalue weighted by Gasteiger charge is 2.27. The van der Waals surface area contributed by atoms with E-state index in [0.29, 0.717) is 19.5 Å². The Morgan fingerprint density at radius 2 is 2.28 bits per heavy atom. The molecule has 0 spiro atoms. The third-order valence-corrected chi connectivity index (χ3v) is 4.65. The summed E-state index contributed by atoms with van der Waals surface area (Å²) in [5, 5.41) is 0.722. The van der Waals surface area contributed by atoms with Crippen LogP contribution >= 0.6 is 11.6 Å². The van der Waals surface area contributed by atoms with Crippen LogP contribution in [0.1, 0.15) is 36.0 Å². The summed E-state index contributed by atoms with van der Waals surface area (Å²) < 4.78 is 5.97. The molecule has 25 heavy (non-hydrogen) atoms. The van der Waals surface area contributed by atoms with E-state index < -0.39 is 0 Å². The lowest BCUT2D eigenvalue weighted by Gasteiger charge is -2.32. The van der Waals surface area contributed by atoms with Gasteiger partial charge >= 0.3 is 0 Å². The Kier molecular flexibility index (Phi) is 5.76. The van der Waals surface area contributed by atoms with E-state index in [9.17, 15) is 4.79 Å². The Morgan fingerprint density at radius 1 is 1.44 bits per heavy atom. The molecule has 0 N–H and O–H groups in total. The average molecular weight is 362 g/mol. The average Bonchev–Trinajstić information content (AvgIpc) is 3.03. The molecule has 1 amide bonds. The van der Waals surface area contributed by atoms with E-state index in [4.69, 9.17) is 16.0 Å². The molecule has 134 valence electrons. The largest absolute Gasteiger partial charge is 0.445 e. The summed E-state index contributed by atoms with van der Waals surface area (Å²) in [5.74, 6) is 1.90. The van der Waals surface area contributed by atoms with Crippen molar-refractivity contribution in [2.75, 3.05) is 33.7 Å². The Labute approximate surface area is 153 Å². The van der Waals surface area contributed by atoms with E-state index in [1.165, 1.54) is 0 Å². The van der Waals surface area contributed by atoms with Gasteiger partial charge in [0.25, 0.3) is 0 Å². The predicted molar refractivity (Wildman–Crippen MR) is 97.9 cm³/mol. The van der Waals surface area contributed by atoms with E-state index in [1.807, 2.05) is 48.2 Å². The number of piperidine rings is 1. The number of halogens is 1. The molecule has 3 rings (SSSR count). The maximum Gasteiger partial charge on any atom is 0.236 e. The van der Waals surface area contributed by atoms with Crippen molar-refractivity contribution in [3.63, 3.8) is 0 Å². The summed E-state index contributed by atoms with van der Waals surface area (Å²) in [4.78, 5) is 20.6. The third-order valence-electron chi connectivity index (χ3n) is 4.41. The number of aromatic nitrogens is 1. The highest BCUT2D eigenvalue weighted by molar-refractivity contribution is 6.30. The molecule has 5 nitrogen and oxygen atoms in total. The second-order valence-corrected chi connectivity index (χ2v) is 7.32. The summed E-state index contributed by atoms with van der Waals surface area (Å²) in [5.41, 5.74) is 1.10. The number of carbonyl (C=O) groups excluding carboxylic acids is 1. The molecule has 1 atom stereocenters. The molecule has 2 heterocycles. The van der Waals surface area contributed by atoms with Crippen LogP contribution in [0.2, 0.25) is 5.02 Å². The minimum atomic E-state index is 0.167. The molecule has 1 aromatic heterocycles. The summed E-state index contributed by atoms with van der Waals surface area (Å²) in [6, 6.07) is 7.75. The van der Waals surface area contributed by atoms with Crippen LogP contribution in [0.25, 0.3) is 0 Å². The molecule has 1 aliphatic heterocycles. The molecule has 0 radical (unpaired) electrons. The number of likely N-dealkylation sites (tertiary alicyclic amines) is 1. The molecule has 0 aliphatic carbocycles. The Bertz CT molecular complexity index is 729. The summed E-state index contributed by atoms with van der Waals surface area (Å²) in [6.45, 7) is 1.95. The number of benzene rings is 1. The van der Waals surface area contributed by atoms with Crippen molar-refractivity contribution >= 4 is 17.5 Å². The number of hydrogen-bond donors (Lipinski definition) is 0. The van der Waals surface area contributed by atoms with Crippen molar-refractivity contribution in [1.82, 2.24) is 14.8 Å². The van der Waals surface area contributed by atoms with Crippen LogP contribution in [0.3, 0.4) is 0 Å². The fourth-order valence-electron chi connectivity index (χ4n) is 3.22. The SMILES string of the molecule is CN(C)CC(=O)N1CCCC(c2ncc(Cc3cccc(Cl)c3)o2)C1. The molecule has 1 saturated heterocycles. The zero-order valence-corrected chi connectivity index (χ0v) is 15.5. The quantitative estimate of drug-likeness (QED) is 0.820. The highest BCUT2D eigenvalue weighted by Crippen LogP contribution is 2.27. The lowest BCUT2D eigenvalue weighted by atomic mass is 9.98. The van der Waals surface area contributed by atoms with Gasteiger partial charge < -0.3 is 14.2 Å². The van der Waals surface area contributed by atoms with Crippen LogP contribution in [0.4, 0.5) is 0 Å². The molecule has 6 heteroatoms. The lowest BCUT2D eigenvalue weighted by molar-refractivity contribution is -0.133. The molecule has 1 unspecified atom stereocenters. The smallest absolute Gasteiger partial charge is 0.236 e. The van der Waals surface area contributed by atoms with Gasteiger partial charge in [-0.1, -0.05) is 23.7 Å². The maximum atomic E-state index is 12.3. The lowest BCUT2D eigenvalue weighted by Crippen LogP contribution is -2.43. The van der Waals surface area contributed by atoms with Crippen molar-refractivity contribution in [3.05, 3.63) is 52.7 Å². The first-order valence-electron chi connectivity index (χ1n) is 8.63. The second kappa shape index (κ2) is 8.02. The number of hydrogen-bond acceptors (Lipinski definition) is 4. The number of carbonyl (C=O) groups is 1. The minimum Gasteiger partial charge on any atom is -0.445 e. The Morgan fingerprint density at radius 3 is 3.04 bits per heavy atom. The van der Waals surface area contributed by atoms with Gasteiger partial charge in [0.2, 0.25) is 5.91 Å². The predicted octanol–water partition coefficient (Wildman–Crippen LogP) is 3.19. The van der Waals surface area contributed by atoms with Crippen molar-refractivity contribution in [1.29, 1.82) is 0 Å². The Hall–Kier alpha value is -1.85. The summed E-state index contributed by atoms with van der Waals surface area (Å²) in [6.07, 6.45) is 4.44. The van der Waals surface area contributed by atoms with Gasteiger partial charge in [-0.2, -0.15) is 0 Å². The van der Waals surface area contributed by atoms with Crippen LogP contribution in [-0.2, 0) is 11.2 Å². The first-order chi connectivity index (χ1) is 12.0. The van der Waals surface area contributed by atoms with E-state index in [0.717, 1.165) is 41.6 Å². The van der Waals surface area contributed by atoms with Crippen LogP contribution in [0, 0.1) is 0 Å². The molecule has 0 bridgehead atoms. The van der Waals surface area contributed by atoms with Crippen molar-refractivity contribution in [2.24, 2.45) is 0 Å². The fourth-order valence-corrected chi connectivity index (χ4v) is 3.43. The van der Waals surface area contributed by atoms with Gasteiger partial charge in [0.05, 0.1) is 18.7 Å². The zero-order chi connectivity index (χ0) is 17.8. The maximum absolute atomic E-state index is 12.3. The molecular formula is C19H24ClN3O2. The molecular weight excluding hydrogens is 338 g/mol. The van der Waals surface area contributed by atoms with E-state index in [1.54, 1.807) is 6.20 Å². The zero-order valence-electron chi connectivity index (χ0n) is 14.7. The second-order valence-electron chi connectivity index (χ2n) is 6.89. The van der Waals surface area contributed by atoms with Gasteiger partial charge in [-0.15, -0.1) is 0 Å². The first kappa shape index (κ1) is 18.0. The number of likely N-dealkylation sites (N-methyl/N-ethyl adjacent to an activating group) is 1. The van der Waals surface area contributed by atoms with E-state index in [-0.39, 0.29) is 11.8 Å². The topological polar surface area (TPSA) is 49.6 Å². The molecule has 0 saturated carbocycles. The first-order valence-corrected chi connectivity index (χ1v) is 9.00. The third kappa shape index (κ3) is 4.83. The van der Waals surface area contributed by atoms with Crippen LogP contribution < -0.4 is 0 Å². The molecule has 1 fully saturated rings. The number of oxazole rings is 1. The van der Waals surface area contributed by atoms with Gasteiger partial charge in [-0.05, 0) is 44.6 Å². The van der Waals surface area contributed by atoms with Crippen molar-refractivity contribution < 1.29 is 9.21 Å². The summed E-state index contributed by atoms with van der Waals surface area (Å²) in [7, 11) is 3.82. The van der Waals surface area contributed by atoms with Crippen LogP contribution in [0.15, 0.2) is 34.9 Å². The van der Waals surface area contributed by atoms with E-state index in [2.05, 4.69) is 4.98 Å². The molecule has 1 aliphatic rings. The van der Waals surface area contributed by atoms with Gasteiger partial charge in [-0.3, -0.25) is 4.79 Å². The highest BCUT2D eigenvalue weighted by atomic mass is 35.5. The number of amides is 1. The normalized spacial score (nSPS) is 17.9. The summed E-state index contributed by atoms with van der Waals surface area (Å²) >= 11 is 6.03. The molecule has 2 aromatic rings. The van der Waals surface area contributed by atoms with Crippen LogP contribution in [0.5, 0.6) is 0 Å². The molecule has 1 aromatic carbocycles. The van der Waals surface area contributed by atoms with Crippen molar-refractivity contribution in [3.8, 4) is 0 Å². The number of nitrogens with zero attached hydrogens (tertiary/aromatic N) is 3. The van der Waals surface area contributed by atoms with Gasteiger partial charge in [-0.25, -0.2) is 4.98 Å². The fraction of sp³-hybridized carbons (Fsp3) is 0.474. The van der Waals surface area contributed by atoms with E-state index >= 15 is 0 Å².